The van der Waals surface area contributed by atoms with Crippen molar-refractivity contribution in [1.82, 2.24) is 4.72 Å². The summed E-state index contributed by atoms with van der Waals surface area (Å²) < 4.78 is 51.1. The lowest BCUT2D eigenvalue weighted by atomic mass is 10.0. The SMILES string of the molecule is NS(=O)(=O)c1cc2c(cc1Cl)NC1(NS2(=O)=O)C(=O)Nc2ccccc21. The second kappa shape index (κ2) is 5.18. The molecule has 0 bridgehead atoms. The van der Waals surface area contributed by atoms with Crippen LogP contribution >= 0.6 is 11.6 Å². The van der Waals surface area contributed by atoms with Gasteiger partial charge in [0.25, 0.3) is 5.91 Å². The quantitative estimate of drug-likeness (QED) is 0.534. The highest BCUT2D eigenvalue weighted by molar-refractivity contribution is 7.90. The number of fused-ring (bicyclic) bond motifs is 3. The molecule has 26 heavy (non-hydrogen) atoms. The van der Waals surface area contributed by atoms with Crippen LogP contribution in [0.2, 0.25) is 5.02 Å². The molecular formula is C14H11ClN4O5S2. The van der Waals surface area contributed by atoms with Gasteiger partial charge in [0.2, 0.25) is 25.7 Å². The first-order chi connectivity index (χ1) is 12.0. The third-order valence-electron chi connectivity index (χ3n) is 4.16. The Kier molecular flexibility index (Phi) is 3.43. The highest BCUT2D eigenvalue weighted by atomic mass is 35.5. The van der Waals surface area contributed by atoms with Crippen LogP contribution in [0, 0.1) is 0 Å². The lowest BCUT2D eigenvalue weighted by Gasteiger charge is -2.35. The number of primary sulfonamides is 1. The molecule has 4 rings (SSSR count). The Morgan fingerprint density at radius 3 is 2.50 bits per heavy atom. The zero-order chi connectivity index (χ0) is 18.9. The maximum absolute atomic E-state index is 12.8. The van der Waals surface area contributed by atoms with E-state index in [1.165, 1.54) is 0 Å². The van der Waals surface area contributed by atoms with Crippen LogP contribution in [0.1, 0.15) is 5.56 Å². The van der Waals surface area contributed by atoms with E-state index in [2.05, 4.69) is 15.4 Å². The molecule has 2 aliphatic rings. The molecule has 1 amide bonds. The van der Waals surface area contributed by atoms with Gasteiger partial charge in [0.05, 0.1) is 10.7 Å². The normalized spacial score (nSPS) is 23.1. The van der Waals surface area contributed by atoms with E-state index < -0.39 is 36.5 Å². The molecular weight excluding hydrogens is 404 g/mol. The summed E-state index contributed by atoms with van der Waals surface area (Å²) in [5, 5.41) is 10.2. The van der Waals surface area contributed by atoms with Gasteiger partial charge in [-0.05, 0) is 18.2 Å². The summed E-state index contributed by atoms with van der Waals surface area (Å²) >= 11 is 5.96. The minimum atomic E-state index is -4.26. The standard InChI is InChI=1S/C14H11ClN4O5S2/c15-8-5-10-12(6-11(8)25(16,21)22)26(23,24)19-14(18-10)7-3-1-2-4-9(7)17-13(14)20/h1-6,18-19H,(H,17,20)(H2,16,21,22). The number of carbonyl (C=O) groups excluding carboxylic acids is 1. The maximum atomic E-state index is 12.8. The van der Waals surface area contributed by atoms with E-state index in [0.29, 0.717) is 11.3 Å². The minimum absolute atomic E-state index is 0.0204. The Morgan fingerprint density at radius 1 is 1.12 bits per heavy atom. The number of nitrogens with two attached hydrogens (primary N) is 1. The Balaban J connectivity index is 1.98. The average molecular weight is 415 g/mol. The van der Waals surface area contributed by atoms with Crippen molar-refractivity contribution in [3.05, 3.63) is 47.0 Å². The Labute approximate surface area is 153 Å². The summed E-state index contributed by atoms with van der Waals surface area (Å²) in [4.78, 5) is 11.7. The molecule has 0 aliphatic carbocycles. The van der Waals surface area contributed by atoms with Gasteiger partial charge in [0.15, 0.2) is 0 Å². The fourth-order valence-corrected chi connectivity index (χ4v) is 5.65. The monoisotopic (exact) mass is 414 g/mol. The number of halogens is 1. The molecule has 1 unspecified atom stereocenters. The Hall–Kier alpha value is -2.18. The minimum Gasteiger partial charge on any atom is -0.354 e. The Bertz CT molecular complexity index is 1200. The van der Waals surface area contributed by atoms with Gasteiger partial charge in [-0.25, -0.2) is 22.0 Å². The number of nitrogens with one attached hydrogen (secondary N) is 3. The first kappa shape index (κ1) is 17.2. The lowest BCUT2D eigenvalue weighted by molar-refractivity contribution is -0.120. The number of hydrogen-bond donors (Lipinski definition) is 4. The number of anilines is 2. The van der Waals surface area contributed by atoms with Crippen molar-refractivity contribution in [2.75, 3.05) is 10.6 Å². The number of rotatable bonds is 1. The molecule has 2 heterocycles. The average Bonchev–Trinajstić information content (AvgIpc) is 2.77. The number of hydrogen-bond acceptors (Lipinski definition) is 6. The van der Waals surface area contributed by atoms with Crippen LogP contribution in [0.15, 0.2) is 46.2 Å². The number of benzene rings is 2. The van der Waals surface area contributed by atoms with Crippen LogP contribution in [0.3, 0.4) is 0 Å². The van der Waals surface area contributed by atoms with Gasteiger partial charge in [-0.1, -0.05) is 29.8 Å². The van der Waals surface area contributed by atoms with Gasteiger partial charge < -0.3 is 10.6 Å². The molecule has 2 aromatic rings. The van der Waals surface area contributed by atoms with E-state index >= 15 is 0 Å². The van der Waals surface area contributed by atoms with Crippen molar-refractivity contribution < 1.29 is 21.6 Å². The molecule has 2 aromatic carbocycles. The molecule has 2 aliphatic heterocycles. The van der Waals surface area contributed by atoms with E-state index in [1.54, 1.807) is 24.3 Å². The van der Waals surface area contributed by atoms with Crippen LogP contribution in [-0.4, -0.2) is 22.7 Å². The second-order valence-corrected chi connectivity index (χ2v) is 9.39. The van der Waals surface area contributed by atoms with Crippen LogP contribution in [0.25, 0.3) is 0 Å². The van der Waals surface area contributed by atoms with Gasteiger partial charge in [0, 0.05) is 11.3 Å². The lowest BCUT2D eigenvalue weighted by Crippen LogP contribution is -2.58. The van der Waals surface area contributed by atoms with Gasteiger partial charge in [0.1, 0.15) is 9.79 Å². The van der Waals surface area contributed by atoms with E-state index in [1.807, 2.05) is 0 Å². The van der Waals surface area contributed by atoms with E-state index in [4.69, 9.17) is 16.7 Å². The fraction of sp³-hybridized carbons (Fsp3) is 0.0714. The molecule has 0 fully saturated rings. The first-order valence-corrected chi connectivity index (χ1v) is 10.5. The van der Waals surface area contributed by atoms with E-state index in [-0.39, 0.29) is 15.6 Å². The van der Waals surface area contributed by atoms with Gasteiger partial charge in [-0.3, -0.25) is 4.79 Å². The summed E-state index contributed by atoms with van der Waals surface area (Å²) in [6.07, 6.45) is 0. The van der Waals surface area contributed by atoms with Crippen LogP contribution in [0.4, 0.5) is 11.4 Å². The van der Waals surface area contributed by atoms with Gasteiger partial charge >= 0.3 is 0 Å². The number of carbonyl (C=O) groups is 1. The van der Waals surface area contributed by atoms with Crippen molar-refractivity contribution in [2.24, 2.45) is 5.14 Å². The van der Waals surface area contributed by atoms with Crippen LogP contribution in [0.5, 0.6) is 0 Å². The summed E-state index contributed by atoms with van der Waals surface area (Å²) in [5.74, 6) is -0.625. The molecule has 0 saturated heterocycles. The van der Waals surface area contributed by atoms with Crippen molar-refractivity contribution in [1.29, 1.82) is 0 Å². The molecule has 0 radical (unpaired) electrons. The number of sulfonamides is 2. The molecule has 9 nitrogen and oxygen atoms in total. The second-order valence-electron chi connectivity index (χ2n) is 5.80. The predicted octanol–water partition coefficient (Wildman–Crippen LogP) is 0.496. The van der Waals surface area contributed by atoms with Gasteiger partial charge in [-0.2, -0.15) is 4.72 Å². The van der Waals surface area contributed by atoms with Crippen molar-refractivity contribution in [2.45, 2.75) is 15.5 Å². The predicted molar refractivity (Wildman–Crippen MR) is 93.5 cm³/mol. The van der Waals surface area contributed by atoms with Crippen LogP contribution in [-0.2, 0) is 30.5 Å². The molecule has 5 N–H and O–H groups in total. The fourth-order valence-electron chi connectivity index (χ4n) is 3.04. The molecule has 1 atom stereocenters. The summed E-state index contributed by atoms with van der Waals surface area (Å²) in [6.45, 7) is 0. The van der Waals surface area contributed by atoms with Crippen LogP contribution < -0.4 is 20.5 Å². The van der Waals surface area contributed by atoms with Crippen molar-refractivity contribution in [3.63, 3.8) is 0 Å². The maximum Gasteiger partial charge on any atom is 0.271 e. The third kappa shape index (κ3) is 2.32. The molecule has 1 spiro atoms. The van der Waals surface area contributed by atoms with Gasteiger partial charge in [-0.15, -0.1) is 0 Å². The highest BCUT2D eigenvalue weighted by Gasteiger charge is 2.53. The van der Waals surface area contributed by atoms with Crippen molar-refractivity contribution in [3.8, 4) is 0 Å². The highest BCUT2D eigenvalue weighted by Crippen LogP contribution is 2.43. The van der Waals surface area contributed by atoms with E-state index in [9.17, 15) is 21.6 Å². The Morgan fingerprint density at radius 2 is 1.81 bits per heavy atom. The summed E-state index contributed by atoms with van der Waals surface area (Å²) in [5.41, 5.74) is -0.961. The third-order valence-corrected chi connectivity index (χ3v) is 7.03. The first-order valence-electron chi connectivity index (χ1n) is 7.14. The number of amides is 1. The smallest absolute Gasteiger partial charge is 0.271 e. The largest absolute Gasteiger partial charge is 0.354 e. The zero-order valence-electron chi connectivity index (χ0n) is 12.8. The molecule has 0 saturated carbocycles. The molecule has 12 heteroatoms. The van der Waals surface area contributed by atoms with Crippen molar-refractivity contribution >= 4 is 48.9 Å². The molecule has 136 valence electrons. The topological polar surface area (TPSA) is 147 Å². The molecule has 0 aromatic heterocycles. The number of para-hydroxylation sites is 1. The summed E-state index contributed by atoms with van der Waals surface area (Å²) in [7, 11) is -8.50. The zero-order valence-corrected chi connectivity index (χ0v) is 15.2. The van der Waals surface area contributed by atoms with E-state index in [0.717, 1.165) is 12.1 Å². The summed E-state index contributed by atoms with van der Waals surface area (Å²) in [6, 6.07) is 8.54.